The van der Waals surface area contributed by atoms with Crippen LogP contribution in [0.2, 0.25) is 0 Å². The number of nitrogens with one attached hydrogen (secondary N) is 1. The molecule has 6 heteroatoms. The Bertz CT molecular complexity index is 451. The second-order valence-electron chi connectivity index (χ2n) is 5.15. The van der Waals surface area contributed by atoms with Crippen LogP contribution in [0.1, 0.15) is 36.3 Å². The highest BCUT2D eigenvalue weighted by Gasteiger charge is 2.30. The summed E-state index contributed by atoms with van der Waals surface area (Å²) in [5, 5.41) is 3.61. The highest BCUT2D eigenvalue weighted by molar-refractivity contribution is 7.15. The number of hydrogen-bond donors (Lipinski definition) is 2. The maximum atomic E-state index is 12.1. The topological polar surface area (TPSA) is 77.2 Å². The normalized spacial score (nSPS) is 26.2. The van der Waals surface area contributed by atoms with E-state index in [1.807, 2.05) is 0 Å². The molecule has 1 aliphatic heterocycles. The van der Waals surface area contributed by atoms with Crippen LogP contribution in [0.3, 0.4) is 0 Å². The van der Waals surface area contributed by atoms with Crippen molar-refractivity contribution in [2.45, 2.75) is 50.7 Å². The summed E-state index contributed by atoms with van der Waals surface area (Å²) in [6.45, 7) is 0.481. The van der Waals surface area contributed by atoms with Crippen molar-refractivity contribution in [3.63, 3.8) is 0 Å². The van der Waals surface area contributed by atoms with Gasteiger partial charge in [-0.25, -0.2) is 4.98 Å². The number of carbonyl (C=O) groups excluding carboxylic acids is 1. The van der Waals surface area contributed by atoms with Crippen LogP contribution in [-0.4, -0.2) is 29.6 Å². The van der Waals surface area contributed by atoms with Gasteiger partial charge in [-0.2, -0.15) is 0 Å². The van der Waals surface area contributed by atoms with Crippen LogP contribution >= 0.6 is 11.3 Å². The van der Waals surface area contributed by atoms with E-state index >= 15 is 0 Å². The summed E-state index contributed by atoms with van der Waals surface area (Å²) in [6, 6.07) is 0. The number of aromatic nitrogens is 1. The van der Waals surface area contributed by atoms with E-state index in [4.69, 9.17) is 10.5 Å². The first-order valence-electron chi connectivity index (χ1n) is 6.91. The number of carbonyl (C=O) groups is 1. The van der Waals surface area contributed by atoms with Crippen LogP contribution in [0.4, 0.5) is 5.13 Å². The van der Waals surface area contributed by atoms with Gasteiger partial charge in [0.25, 0.3) is 5.91 Å². The average molecular weight is 281 g/mol. The molecule has 1 amide bonds. The largest absolute Gasteiger partial charge is 0.364 e. The van der Waals surface area contributed by atoms with E-state index in [1.54, 1.807) is 11.3 Å². The van der Waals surface area contributed by atoms with Crippen LogP contribution in [-0.2, 0) is 22.4 Å². The molecule has 0 saturated carbocycles. The summed E-state index contributed by atoms with van der Waals surface area (Å²) in [7, 11) is 0. The van der Waals surface area contributed by atoms with Crippen molar-refractivity contribution >= 4 is 22.4 Å². The van der Waals surface area contributed by atoms with Crippen molar-refractivity contribution in [3.05, 3.63) is 10.6 Å². The van der Waals surface area contributed by atoms with Crippen molar-refractivity contribution in [2.75, 3.05) is 11.9 Å². The Balaban J connectivity index is 1.62. The molecule has 0 spiro atoms. The van der Waals surface area contributed by atoms with Gasteiger partial charge in [0.15, 0.2) is 5.13 Å². The summed E-state index contributed by atoms with van der Waals surface area (Å²) < 4.78 is 5.59. The zero-order valence-corrected chi connectivity index (χ0v) is 11.7. The zero-order chi connectivity index (χ0) is 13.2. The lowest BCUT2D eigenvalue weighted by Crippen LogP contribution is -2.29. The first kappa shape index (κ1) is 13.0. The van der Waals surface area contributed by atoms with Gasteiger partial charge < -0.3 is 10.5 Å². The first-order chi connectivity index (χ1) is 9.26. The molecule has 1 aromatic rings. The fourth-order valence-corrected chi connectivity index (χ4v) is 3.72. The molecule has 2 aliphatic rings. The molecule has 0 bridgehead atoms. The molecule has 2 heterocycles. The van der Waals surface area contributed by atoms with Gasteiger partial charge in [0.1, 0.15) is 6.10 Å². The van der Waals surface area contributed by atoms with Crippen molar-refractivity contribution in [2.24, 2.45) is 5.73 Å². The van der Waals surface area contributed by atoms with Gasteiger partial charge in [0, 0.05) is 11.4 Å². The fraction of sp³-hybridized carbons (Fsp3) is 0.692. The molecule has 104 valence electrons. The fourth-order valence-electron chi connectivity index (χ4n) is 2.66. The number of amides is 1. The SMILES string of the molecule is NCC1CCC(C(=O)Nc2nc3c(s2)CCCC3)O1. The molecule has 1 saturated heterocycles. The smallest absolute Gasteiger partial charge is 0.255 e. The molecule has 19 heavy (non-hydrogen) atoms. The number of nitrogens with zero attached hydrogens (tertiary/aromatic N) is 1. The number of fused-ring (bicyclic) bond motifs is 1. The molecule has 0 aromatic carbocycles. The highest BCUT2D eigenvalue weighted by atomic mass is 32.1. The van der Waals surface area contributed by atoms with Gasteiger partial charge in [0.05, 0.1) is 11.8 Å². The van der Waals surface area contributed by atoms with Gasteiger partial charge in [-0.05, 0) is 38.5 Å². The quantitative estimate of drug-likeness (QED) is 0.879. The molecule has 0 radical (unpaired) electrons. The summed E-state index contributed by atoms with van der Waals surface area (Å²) in [4.78, 5) is 17.9. The van der Waals surface area contributed by atoms with Crippen LogP contribution < -0.4 is 11.1 Å². The third kappa shape index (κ3) is 2.80. The summed E-state index contributed by atoms with van der Waals surface area (Å²) >= 11 is 1.61. The second kappa shape index (κ2) is 5.56. The van der Waals surface area contributed by atoms with E-state index in [-0.39, 0.29) is 18.1 Å². The summed E-state index contributed by atoms with van der Waals surface area (Å²) in [5.74, 6) is -0.0814. The molecule has 1 aromatic heterocycles. The maximum Gasteiger partial charge on any atom is 0.255 e. The Hall–Kier alpha value is -0.980. The standard InChI is InChI=1S/C13H19N3O2S/c14-7-8-5-6-10(18-8)12(17)16-13-15-9-3-1-2-4-11(9)19-13/h8,10H,1-7,14H2,(H,15,16,17). The lowest BCUT2D eigenvalue weighted by molar-refractivity contribution is -0.126. The molecular weight excluding hydrogens is 262 g/mol. The van der Waals surface area contributed by atoms with Crippen molar-refractivity contribution in [1.82, 2.24) is 4.98 Å². The number of hydrogen-bond acceptors (Lipinski definition) is 5. The van der Waals surface area contributed by atoms with Crippen molar-refractivity contribution in [3.8, 4) is 0 Å². The molecule has 2 atom stereocenters. The Morgan fingerprint density at radius 2 is 2.26 bits per heavy atom. The minimum atomic E-state index is -0.366. The third-order valence-corrected chi connectivity index (χ3v) is 4.81. The van der Waals surface area contributed by atoms with E-state index in [9.17, 15) is 4.79 Å². The first-order valence-corrected chi connectivity index (χ1v) is 7.73. The minimum absolute atomic E-state index is 0.0280. The van der Waals surface area contributed by atoms with E-state index in [0.29, 0.717) is 6.54 Å². The maximum absolute atomic E-state index is 12.1. The number of ether oxygens (including phenoxy) is 1. The molecule has 5 nitrogen and oxygen atoms in total. The number of rotatable bonds is 3. The van der Waals surface area contributed by atoms with Crippen molar-refractivity contribution in [1.29, 1.82) is 0 Å². The van der Waals surface area contributed by atoms with E-state index < -0.39 is 0 Å². The monoisotopic (exact) mass is 281 g/mol. The zero-order valence-electron chi connectivity index (χ0n) is 10.9. The Kier molecular flexibility index (Phi) is 3.81. The molecule has 3 rings (SSSR count). The molecular formula is C13H19N3O2S. The Morgan fingerprint density at radius 1 is 1.42 bits per heavy atom. The van der Waals surface area contributed by atoms with E-state index in [1.165, 1.54) is 23.4 Å². The van der Waals surface area contributed by atoms with Gasteiger partial charge in [0.2, 0.25) is 0 Å². The summed E-state index contributed by atoms with van der Waals surface area (Å²) in [5.41, 5.74) is 6.71. The van der Waals surface area contributed by atoms with Crippen LogP contribution in [0, 0.1) is 0 Å². The predicted octanol–water partition coefficient (Wildman–Crippen LogP) is 1.47. The van der Waals surface area contributed by atoms with Gasteiger partial charge in [-0.15, -0.1) is 11.3 Å². The Morgan fingerprint density at radius 3 is 3.00 bits per heavy atom. The lowest BCUT2D eigenvalue weighted by atomic mass is 10.0. The number of nitrogens with two attached hydrogens (primary N) is 1. The second-order valence-corrected chi connectivity index (χ2v) is 6.23. The van der Waals surface area contributed by atoms with E-state index in [2.05, 4.69) is 10.3 Å². The number of aryl methyl sites for hydroxylation is 2. The van der Waals surface area contributed by atoms with Crippen molar-refractivity contribution < 1.29 is 9.53 Å². The van der Waals surface area contributed by atoms with Crippen LogP contribution in [0.5, 0.6) is 0 Å². The van der Waals surface area contributed by atoms with Crippen LogP contribution in [0.25, 0.3) is 0 Å². The van der Waals surface area contributed by atoms with Crippen LogP contribution in [0.15, 0.2) is 0 Å². The van der Waals surface area contributed by atoms with Gasteiger partial charge >= 0.3 is 0 Å². The highest BCUT2D eigenvalue weighted by Crippen LogP contribution is 2.30. The minimum Gasteiger partial charge on any atom is -0.364 e. The molecule has 1 aliphatic carbocycles. The predicted molar refractivity (Wildman–Crippen MR) is 74.3 cm³/mol. The van der Waals surface area contributed by atoms with Gasteiger partial charge in [-0.1, -0.05) is 0 Å². The molecule has 3 N–H and O–H groups in total. The molecule has 2 unspecified atom stereocenters. The molecule has 1 fully saturated rings. The van der Waals surface area contributed by atoms with Gasteiger partial charge in [-0.3, -0.25) is 10.1 Å². The van der Waals surface area contributed by atoms with E-state index in [0.717, 1.165) is 30.8 Å². The lowest BCUT2D eigenvalue weighted by Gasteiger charge is -2.11. The third-order valence-electron chi connectivity index (χ3n) is 3.74. The number of anilines is 1. The average Bonchev–Trinajstić information content (AvgIpc) is 3.04. The Labute approximate surface area is 116 Å². The number of thiazole rings is 1. The summed E-state index contributed by atoms with van der Waals surface area (Å²) in [6.07, 6.45) is 5.84.